The quantitative estimate of drug-likeness (QED) is 0.397. The van der Waals surface area contributed by atoms with E-state index in [9.17, 15) is 0 Å². The molecule has 1 unspecified atom stereocenters. The van der Waals surface area contributed by atoms with E-state index in [-0.39, 0.29) is 0 Å². The highest BCUT2D eigenvalue weighted by Gasteiger charge is 2.34. The van der Waals surface area contributed by atoms with Crippen LogP contribution in [-0.4, -0.2) is 47.6 Å². The molecular weight excluding hydrogens is 328 g/mol. The molecule has 0 N–H and O–H groups in total. The molecule has 0 radical (unpaired) electrons. The maximum absolute atomic E-state index is 2.88. The lowest BCUT2D eigenvalue weighted by atomic mass is 9.86. The molecule has 0 bridgehead atoms. The van der Waals surface area contributed by atoms with Gasteiger partial charge in [-0.05, 0) is 32.6 Å². The Hall–Kier alpha value is -0.0800. The second-order valence-electron chi connectivity index (χ2n) is 9.79. The molecule has 1 atom stereocenters. The normalized spacial score (nSPS) is 24.6. The monoisotopic (exact) mass is 378 g/mol. The summed E-state index contributed by atoms with van der Waals surface area (Å²) < 4.78 is 0. The minimum Gasteiger partial charge on any atom is -0.298 e. The van der Waals surface area contributed by atoms with E-state index in [0.717, 1.165) is 6.04 Å². The summed E-state index contributed by atoms with van der Waals surface area (Å²) in [5, 5.41) is 0. The van der Waals surface area contributed by atoms with Crippen molar-refractivity contribution < 1.29 is 0 Å². The first-order chi connectivity index (χ1) is 13.2. The Morgan fingerprint density at radius 2 is 1.26 bits per heavy atom. The summed E-state index contributed by atoms with van der Waals surface area (Å²) in [5.74, 6) is 0. The number of hydrogen-bond acceptors (Lipinski definition) is 2. The lowest BCUT2D eigenvalue weighted by molar-refractivity contribution is 0.0111. The topological polar surface area (TPSA) is 6.48 Å². The van der Waals surface area contributed by atoms with Crippen LogP contribution in [0.15, 0.2) is 0 Å². The fourth-order valence-electron chi connectivity index (χ4n) is 5.69. The van der Waals surface area contributed by atoms with Crippen LogP contribution in [0.25, 0.3) is 0 Å². The van der Waals surface area contributed by atoms with Crippen LogP contribution in [0.1, 0.15) is 124 Å². The molecule has 1 aliphatic heterocycles. The summed E-state index contributed by atoms with van der Waals surface area (Å²) in [6, 6.07) is 0.882. The predicted molar refractivity (Wildman–Crippen MR) is 121 cm³/mol. The van der Waals surface area contributed by atoms with Gasteiger partial charge in [-0.15, -0.1) is 0 Å². The van der Waals surface area contributed by atoms with Gasteiger partial charge in [-0.25, -0.2) is 0 Å². The van der Waals surface area contributed by atoms with Gasteiger partial charge in [0.05, 0.1) is 0 Å². The van der Waals surface area contributed by atoms with Crippen LogP contribution in [0.2, 0.25) is 0 Å². The summed E-state index contributed by atoms with van der Waals surface area (Å²) in [6.45, 7) is 12.5. The molecule has 27 heavy (non-hydrogen) atoms. The van der Waals surface area contributed by atoms with E-state index in [1.165, 1.54) is 129 Å². The highest BCUT2D eigenvalue weighted by molar-refractivity contribution is 4.90. The van der Waals surface area contributed by atoms with Crippen LogP contribution in [0.5, 0.6) is 0 Å². The van der Waals surface area contributed by atoms with E-state index in [4.69, 9.17) is 0 Å². The van der Waals surface area contributed by atoms with Crippen molar-refractivity contribution in [1.29, 1.82) is 0 Å². The number of hydrogen-bond donors (Lipinski definition) is 0. The third-order valence-corrected chi connectivity index (χ3v) is 7.53. The van der Waals surface area contributed by atoms with Crippen molar-refractivity contribution >= 4 is 0 Å². The standard InChI is InChI=1S/C25H50N2/c1-4-6-7-15-19-25(3,18-5-2)27-22-20-26(21-23-27)24-16-13-11-9-8-10-12-14-17-24/h24H,4-23H2,1-3H3. The van der Waals surface area contributed by atoms with Crippen molar-refractivity contribution in [3.8, 4) is 0 Å². The van der Waals surface area contributed by atoms with E-state index >= 15 is 0 Å². The van der Waals surface area contributed by atoms with Gasteiger partial charge in [-0.1, -0.05) is 90.9 Å². The number of nitrogens with zero attached hydrogens (tertiary/aromatic N) is 2. The van der Waals surface area contributed by atoms with Gasteiger partial charge in [0.2, 0.25) is 0 Å². The third-order valence-electron chi connectivity index (χ3n) is 7.53. The molecule has 1 heterocycles. The van der Waals surface area contributed by atoms with Gasteiger partial charge in [0.1, 0.15) is 0 Å². The lowest BCUT2D eigenvalue weighted by Crippen LogP contribution is -2.57. The van der Waals surface area contributed by atoms with E-state index in [1.807, 2.05) is 0 Å². The molecule has 1 saturated heterocycles. The lowest BCUT2D eigenvalue weighted by Gasteiger charge is -2.48. The van der Waals surface area contributed by atoms with Gasteiger partial charge in [-0.3, -0.25) is 9.80 Å². The van der Waals surface area contributed by atoms with Crippen LogP contribution in [0.4, 0.5) is 0 Å². The molecule has 2 fully saturated rings. The zero-order valence-corrected chi connectivity index (χ0v) is 19.1. The minimum atomic E-state index is 0.449. The molecule has 0 aromatic rings. The van der Waals surface area contributed by atoms with E-state index in [1.54, 1.807) is 0 Å². The average molecular weight is 379 g/mol. The minimum absolute atomic E-state index is 0.449. The van der Waals surface area contributed by atoms with Crippen molar-refractivity contribution in [3.63, 3.8) is 0 Å². The summed E-state index contributed by atoms with van der Waals surface area (Å²) in [4.78, 5) is 5.75. The van der Waals surface area contributed by atoms with Crippen molar-refractivity contribution in [2.75, 3.05) is 26.2 Å². The smallest absolute Gasteiger partial charge is 0.0182 e. The second kappa shape index (κ2) is 13.2. The Labute approximate surface area is 171 Å². The Bertz CT molecular complexity index is 351. The van der Waals surface area contributed by atoms with Crippen molar-refractivity contribution in [2.45, 2.75) is 135 Å². The highest BCUT2D eigenvalue weighted by Crippen LogP contribution is 2.30. The largest absolute Gasteiger partial charge is 0.298 e. The van der Waals surface area contributed by atoms with Gasteiger partial charge in [0, 0.05) is 37.8 Å². The summed E-state index contributed by atoms with van der Waals surface area (Å²) in [6.07, 6.45) is 23.0. The van der Waals surface area contributed by atoms with Gasteiger partial charge < -0.3 is 0 Å². The molecule has 2 nitrogen and oxygen atoms in total. The molecule has 1 saturated carbocycles. The molecule has 0 aromatic carbocycles. The van der Waals surface area contributed by atoms with Crippen molar-refractivity contribution in [3.05, 3.63) is 0 Å². The third kappa shape index (κ3) is 8.05. The molecular formula is C25H50N2. The zero-order valence-electron chi connectivity index (χ0n) is 19.1. The Morgan fingerprint density at radius 3 is 1.81 bits per heavy atom. The number of unbranched alkanes of at least 4 members (excludes halogenated alkanes) is 3. The fourth-order valence-corrected chi connectivity index (χ4v) is 5.69. The van der Waals surface area contributed by atoms with Crippen LogP contribution < -0.4 is 0 Å². The number of piperazine rings is 1. The maximum Gasteiger partial charge on any atom is 0.0182 e. The number of rotatable bonds is 9. The maximum atomic E-state index is 2.88. The first kappa shape index (κ1) is 23.2. The molecule has 160 valence electrons. The summed E-state index contributed by atoms with van der Waals surface area (Å²) in [7, 11) is 0. The zero-order chi connectivity index (χ0) is 19.4. The molecule has 2 aliphatic rings. The summed E-state index contributed by atoms with van der Waals surface area (Å²) in [5.41, 5.74) is 0.449. The van der Waals surface area contributed by atoms with Gasteiger partial charge in [0.25, 0.3) is 0 Å². The molecule has 0 amide bonds. The van der Waals surface area contributed by atoms with Crippen LogP contribution in [-0.2, 0) is 0 Å². The average Bonchev–Trinajstić information content (AvgIpc) is 2.70. The first-order valence-electron chi connectivity index (χ1n) is 12.7. The van der Waals surface area contributed by atoms with Crippen LogP contribution in [0.3, 0.4) is 0 Å². The SMILES string of the molecule is CCCCCCC(C)(CCC)N1CCN(C2CCCCCCCCC2)CC1. The van der Waals surface area contributed by atoms with E-state index in [0.29, 0.717) is 5.54 Å². The molecule has 2 heteroatoms. The molecule has 0 aromatic heterocycles. The molecule has 1 aliphatic carbocycles. The first-order valence-corrected chi connectivity index (χ1v) is 12.7. The second-order valence-corrected chi connectivity index (χ2v) is 9.79. The Balaban J connectivity index is 1.82. The van der Waals surface area contributed by atoms with Gasteiger partial charge in [0.15, 0.2) is 0 Å². The van der Waals surface area contributed by atoms with Crippen LogP contribution >= 0.6 is 0 Å². The highest BCUT2D eigenvalue weighted by atomic mass is 15.3. The van der Waals surface area contributed by atoms with Crippen molar-refractivity contribution in [2.24, 2.45) is 0 Å². The fraction of sp³-hybridized carbons (Fsp3) is 1.00. The summed E-state index contributed by atoms with van der Waals surface area (Å²) >= 11 is 0. The Morgan fingerprint density at radius 1 is 0.667 bits per heavy atom. The van der Waals surface area contributed by atoms with E-state index in [2.05, 4.69) is 30.6 Å². The van der Waals surface area contributed by atoms with Gasteiger partial charge in [-0.2, -0.15) is 0 Å². The van der Waals surface area contributed by atoms with Crippen molar-refractivity contribution in [1.82, 2.24) is 9.80 Å². The van der Waals surface area contributed by atoms with Gasteiger partial charge >= 0.3 is 0 Å². The molecule has 2 rings (SSSR count). The predicted octanol–water partition coefficient (Wildman–Crippen LogP) is 7.03. The van der Waals surface area contributed by atoms with E-state index < -0.39 is 0 Å². The Kier molecular flexibility index (Phi) is 11.3. The van der Waals surface area contributed by atoms with Crippen LogP contribution in [0, 0.1) is 0 Å². The molecule has 0 spiro atoms.